The Hall–Kier alpha value is -1.83. The van der Waals surface area contributed by atoms with Crippen molar-refractivity contribution in [3.8, 4) is 0 Å². The number of nitrogens with two attached hydrogens (primary N) is 1. The van der Waals surface area contributed by atoms with Gasteiger partial charge < -0.3 is 5.73 Å². The molecule has 0 aliphatic rings. The van der Waals surface area contributed by atoms with Crippen LogP contribution in [0.15, 0.2) is 36.4 Å². The summed E-state index contributed by atoms with van der Waals surface area (Å²) in [6, 6.07) is 10.8. The summed E-state index contributed by atoms with van der Waals surface area (Å²) in [5, 5.41) is 0. The van der Waals surface area contributed by atoms with Crippen LogP contribution in [0.1, 0.15) is 22.3 Å². The van der Waals surface area contributed by atoms with Gasteiger partial charge in [0.1, 0.15) is 5.82 Å². The van der Waals surface area contributed by atoms with Crippen molar-refractivity contribution in [2.45, 2.75) is 20.3 Å². The molecule has 0 amide bonds. The molecule has 2 heteroatoms. The Morgan fingerprint density at radius 3 is 2.53 bits per heavy atom. The molecule has 2 N–H and O–H groups in total. The lowest BCUT2D eigenvalue weighted by Gasteiger charge is -2.09. The van der Waals surface area contributed by atoms with Gasteiger partial charge in [0.25, 0.3) is 0 Å². The van der Waals surface area contributed by atoms with Gasteiger partial charge in [-0.2, -0.15) is 0 Å². The van der Waals surface area contributed by atoms with Gasteiger partial charge >= 0.3 is 0 Å². The molecule has 2 rings (SSSR count). The molecular formula is C15H16FN. The van der Waals surface area contributed by atoms with Crippen molar-refractivity contribution in [1.29, 1.82) is 0 Å². The number of halogens is 1. The molecule has 0 aromatic heterocycles. The maximum atomic E-state index is 13.1. The summed E-state index contributed by atoms with van der Waals surface area (Å²) in [7, 11) is 0. The second kappa shape index (κ2) is 4.58. The number of aryl methyl sites for hydroxylation is 2. The molecule has 0 unspecified atom stereocenters. The van der Waals surface area contributed by atoms with Crippen LogP contribution in [0.5, 0.6) is 0 Å². The first-order valence-electron chi connectivity index (χ1n) is 5.66. The maximum Gasteiger partial charge on any atom is 0.123 e. The summed E-state index contributed by atoms with van der Waals surface area (Å²) in [6.07, 6.45) is 0.741. The Morgan fingerprint density at radius 2 is 1.82 bits per heavy atom. The van der Waals surface area contributed by atoms with E-state index in [1.807, 2.05) is 26.0 Å². The molecule has 2 aromatic rings. The van der Waals surface area contributed by atoms with Crippen LogP contribution in [0.3, 0.4) is 0 Å². The highest BCUT2D eigenvalue weighted by molar-refractivity contribution is 5.52. The van der Waals surface area contributed by atoms with Gasteiger partial charge in [0.15, 0.2) is 0 Å². The fraction of sp³-hybridized carbons (Fsp3) is 0.200. The largest absolute Gasteiger partial charge is 0.399 e. The Morgan fingerprint density at radius 1 is 1.06 bits per heavy atom. The number of hydrogen-bond acceptors (Lipinski definition) is 1. The number of benzene rings is 2. The van der Waals surface area contributed by atoms with Crippen LogP contribution in [-0.2, 0) is 6.42 Å². The highest BCUT2D eigenvalue weighted by Gasteiger charge is 2.04. The minimum Gasteiger partial charge on any atom is -0.399 e. The molecule has 88 valence electrons. The minimum absolute atomic E-state index is 0.188. The van der Waals surface area contributed by atoms with Crippen LogP contribution in [0.25, 0.3) is 0 Å². The fourth-order valence-corrected chi connectivity index (χ4v) is 1.96. The third-order valence-corrected chi connectivity index (χ3v) is 3.01. The average Bonchev–Trinajstić information content (AvgIpc) is 2.26. The molecule has 1 nitrogen and oxygen atoms in total. The van der Waals surface area contributed by atoms with E-state index < -0.39 is 0 Å². The summed E-state index contributed by atoms with van der Waals surface area (Å²) < 4.78 is 13.1. The first-order chi connectivity index (χ1) is 8.06. The summed E-state index contributed by atoms with van der Waals surface area (Å²) in [5.74, 6) is -0.188. The molecule has 0 atom stereocenters. The minimum atomic E-state index is -0.188. The van der Waals surface area contributed by atoms with E-state index in [-0.39, 0.29) is 5.82 Å². The molecule has 0 heterocycles. The first-order valence-corrected chi connectivity index (χ1v) is 5.66. The van der Waals surface area contributed by atoms with Gasteiger partial charge in [0, 0.05) is 5.69 Å². The zero-order chi connectivity index (χ0) is 12.4. The maximum absolute atomic E-state index is 13.1. The van der Waals surface area contributed by atoms with E-state index in [0.717, 1.165) is 28.8 Å². The van der Waals surface area contributed by atoms with Crippen molar-refractivity contribution < 1.29 is 4.39 Å². The SMILES string of the molecule is Cc1cc(Cc2cccc(F)c2)c(C)cc1N. The normalized spacial score (nSPS) is 10.5. The molecule has 0 aliphatic carbocycles. The number of anilines is 1. The molecule has 17 heavy (non-hydrogen) atoms. The second-order valence-electron chi connectivity index (χ2n) is 4.44. The highest BCUT2D eigenvalue weighted by Crippen LogP contribution is 2.20. The molecular weight excluding hydrogens is 213 g/mol. The number of hydrogen-bond donors (Lipinski definition) is 1. The van der Waals surface area contributed by atoms with E-state index in [9.17, 15) is 4.39 Å². The quantitative estimate of drug-likeness (QED) is 0.782. The molecule has 2 aromatic carbocycles. The molecule has 0 aliphatic heterocycles. The lowest BCUT2D eigenvalue weighted by Crippen LogP contribution is -1.97. The van der Waals surface area contributed by atoms with Gasteiger partial charge in [-0.15, -0.1) is 0 Å². The topological polar surface area (TPSA) is 26.0 Å². The van der Waals surface area contributed by atoms with Crippen molar-refractivity contribution in [3.05, 3.63) is 64.5 Å². The van der Waals surface area contributed by atoms with Gasteiger partial charge in [-0.1, -0.05) is 18.2 Å². The van der Waals surface area contributed by atoms with Crippen molar-refractivity contribution in [1.82, 2.24) is 0 Å². The highest BCUT2D eigenvalue weighted by atomic mass is 19.1. The van der Waals surface area contributed by atoms with Crippen molar-refractivity contribution in [2.24, 2.45) is 0 Å². The Kier molecular flexibility index (Phi) is 3.14. The van der Waals surface area contributed by atoms with E-state index in [1.165, 1.54) is 11.6 Å². The third kappa shape index (κ3) is 2.64. The zero-order valence-electron chi connectivity index (χ0n) is 10.1. The van der Waals surface area contributed by atoms with Crippen LogP contribution in [0.2, 0.25) is 0 Å². The summed E-state index contributed by atoms with van der Waals surface area (Å²) >= 11 is 0. The zero-order valence-corrected chi connectivity index (χ0v) is 10.1. The average molecular weight is 229 g/mol. The summed E-state index contributed by atoms with van der Waals surface area (Å²) in [5.41, 5.74) is 11.1. The molecule has 0 radical (unpaired) electrons. The summed E-state index contributed by atoms with van der Waals surface area (Å²) in [4.78, 5) is 0. The lowest BCUT2D eigenvalue weighted by molar-refractivity contribution is 0.626. The van der Waals surface area contributed by atoms with Gasteiger partial charge in [0.05, 0.1) is 0 Å². The van der Waals surface area contributed by atoms with E-state index in [2.05, 4.69) is 6.07 Å². The monoisotopic (exact) mass is 229 g/mol. The number of rotatable bonds is 2. The van der Waals surface area contributed by atoms with E-state index >= 15 is 0 Å². The van der Waals surface area contributed by atoms with Crippen LogP contribution in [0, 0.1) is 19.7 Å². The molecule has 0 fully saturated rings. The van der Waals surface area contributed by atoms with Crippen molar-refractivity contribution >= 4 is 5.69 Å². The lowest BCUT2D eigenvalue weighted by atomic mass is 9.97. The third-order valence-electron chi connectivity index (χ3n) is 3.01. The standard InChI is InChI=1S/C15H16FN/c1-10-7-15(17)11(2)6-13(10)8-12-4-3-5-14(16)9-12/h3-7,9H,8,17H2,1-2H3. The van der Waals surface area contributed by atoms with Crippen LogP contribution in [-0.4, -0.2) is 0 Å². The fourth-order valence-electron chi connectivity index (χ4n) is 1.96. The smallest absolute Gasteiger partial charge is 0.123 e. The van der Waals surface area contributed by atoms with Crippen LogP contribution in [0.4, 0.5) is 10.1 Å². The number of nitrogen functional groups attached to an aromatic ring is 1. The Labute approximate surface area is 101 Å². The van der Waals surface area contributed by atoms with Crippen molar-refractivity contribution in [3.63, 3.8) is 0 Å². The predicted molar refractivity (Wildman–Crippen MR) is 69.5 cm³/mol. The Bertz CT molecular complexity index is 547. The Balaban J connectivity index is 2.33. The molecule has 0 saturated carbocycles. The van der Waals surface area contributed by atoms with Gasteiger partial charge in [-0.05, 0) is 60.7 Å². The van der Waals surface area contributed by atoms with E-state index in [4.69, 9.17) is 5.73 Å². The second-order valence-corrected chi connectivity index (χ2v) is 4.44. The van der Waals surface area contributed by atoms with Gasteiger partial charge in [-0.3, -0.25) is 0 Å². The molecule has 0 bridgehead atoms. The van der Waals surface area contributed by atoms with Crippen molar-refractivity contribution in [2.75, 3.05) is 5.73 Å². The van der Waals surface area contributed by atoms with E-state index in [1.54, 1.807) is 12.1 Å². The van der Waals surface area contributed by atoms with E-state index in [0.29, 0.717) is 0 Å². The summed E-state index contributed by atoms with van der Waals surface area (Å²) in [6.45, 7) is 4.02. The predicted octanol–water partition coefficient (Wildman–Crippen LogP) is 3.62. The van der Waals surface area contributed by atoms with Gasteiger partial charge in [0.2, 0.25) is 0 Å². The van der Waals surface area contributed by atoms with Crippen LogP contribution >= 0.6 is 0 Å². The van der Waals surface area contributed by atoms with Crippen LogP contribution < -0.4 is 5.73 Å². The van der Waals surface area contributed by atoms with Gasteiger partial charge in [-0.25, -0.2) is 4.39 Å². The molecule has 0 saturated heterocycles. The molecule has 0 spiro atoms. The first kappa shape index (κ1) is 11.6.